The van der Waals surface area contributed by atoms with Crippen molar-refractivity contribution in [3.63, 3.8) is 0 Å². The van der Waals surface area contributed by atoms with E-state index in [-0.39, 0.29) is 64.3 Å². The Kier molecular flexibility index (Phi) is 9.88. The van der Waals surface area contributed by atoms with E-state index in [1.165, 1.54) is 49.7 Å². The van der Waals surface area contributed by atoms with Crippen molar-refractivity contribution in [2.75, 3.05) is 36.2 Å². The molecule has 0 radical (unpaired) electrons. The number of aliphatic hydroxyl groups excluding tert-OH is 1. The van der Waals surface area contributed by atoms with Crippen LogP contribution in [-0.2, 0) is 14.9 Å². The highest BCUT2D eigenvalue weighted by Crippen LogP contribution is 2.64. The number of halogens is 2. The Morgan fingerprint density at radius 3 is 2.58 bits per heavy atom. The normalized spacial score (nSPS) is 24.3. The molecule has 4 atom stereocenters. The van der Waals surface area contributed by atoms with Gasteiger partial charge in [-0.15, -0.1) is 0 Å². The van der Waals surface area contributed by atoms with Crippen molar-refractivity contribution in [1.29, 1.82) is 0 Å². The number of aliphatic hydroxyl groups is 1. The monoisotopic (exact) mass is 687 g/mol. The number of nitrogens with one attached hydrogen (secondary N) is 1. The topological polar surface area (TPSA) is 185 Å². The Balaban J connectivity index is 0.000000250. The first-order chi connectivity index (χ1) is 22.6. The molecule has 2 heterocycles. The van der Waals surface area contributed by atoms with Gasteiger partial charge in [0.2, 0.25) is 0 Å². The van der Waals surface area contributed by atoms with Gasteiger partial charge >= 0.3 is 0 Å². The predicted octanol–water partition coefficient (Wildman–Crippen LogP) is 3.85. The van der Waals surface area contributed by atoms with Crippen molar-refractivity contribution in [2.45, 2.75) is 51.6 Å². The Bertz CT molecular complexity index is 1830. The molecule has 3 fully saturated rings. The fourth-order valence-corrected chi connectivity index (χ4v) is 8.68. The van der Waals surface area contributed by atoms with Crippen LogP contribution in [0, 0.1) is 28.4 Å². The number of ketones is 1. The van der Waals surface area contributed by atoms with Gasteiger partial charge in [0, 0.05) is 25.2 Å². The highest BCUT2D eigenvalue weighted by atomic mass is 32.2. The molecule has 48 heavy (non-hydrogen) atoms. The largest absolute Gasteiger partial charge is 0.496 e. The van der Waals surface area contributed by atoms with Crippen LogP contribution in [-0.4, -0.2) is 77.8 Å². The zero-order valence-electron chi connectivity index (χ0n) is 26.8. The van der Waals surface area contributed by atoms with Crippen LogP contribution in [0.4, 0.5) is 20.2 Å². The second-order valence-corrected chi connectivity index (χ2v) is 14.5. The number of nitrogens with two attached hydrogens (primary N) is 1. The van der Waals surface area contributed by atoms with Gasteiger partial charge in [0.15, 0.2) is 5.82 Å². The molecule has 3 aromatic rings. The van der Waals surface area contributed by atoms with Gasteiger partial charge in [0.05, 0.1) is 47.9 Å². The van der Waals surface area contributed by atoms with Crippen molar-refractivity contribution in [1.82, 2.24) is 9.97 Å². The number of rotatable bonds is 8. The molecule has 5 N–H and O–H groups in total. The molecule has 1 amide bonds. The summed E-state index contributed by atoms with van der Waals surface area (Å²) < 4.78 is 64.6. The molecule has 1 saturated heterocycles. The smallest absolute Gasteiger partial charge is 0.274 e. The first-order valence-corrected chi connectivity index (χ1v) is 17.1. The van der Waals surface area contributed by atoms with Crippen LogP contribution in [0.3, 0.4) is 0 Å². The Labute approximate surface area is 277 Å². The molecule has 12 nitrogen and oxygen atoms in total. The molecule has 3 aliphatic rings. The minimum absolute atomic E-state index is 0.0152. The fraction of sp³-hybridized carbons (Fsp3) is 0.455. The summed E-state index contributed by atoms with van der Waals surface area (Å²) in [6.45, 7) is 4.21. The lowest BCUT2D eigenvalue weighted by molar-refractivity contribution is -0.128. The number of ether oxygens (including phenoxy) is 1. The number of nitrogens with zero attached hydrogens (tertiary/aromatic N) is 3. The number of amides is 1. The number of hydrogen-bond donors (Lipinski definition) is 4. The number of Topliss-reactive ketones (excluding diaryl/α,β-unsaturated/α-hetero) is 1. The van der Waals surface area contributed by atoms with E-state index >= 15 is 0 Å². The molecule has 15 heteroatoms. The van der Waals surface area contributed by atoms with Crippen molar-refractivity contribution >= 4 is 33.2 Å². The van der Waals surface area contributed by atoms with Gasteiger partial charge < -0.3 is 25.8 Å². The lowest BCUT2D eigenvalue weighted by Gasteiger charge is -2.35. The number of aromatic nitrogens is 2. The van der Waals surface area contributed by atoms with Gasteiger partial charge in [0.25, 0.3) is 16.0 Å². The van der Waals surface area contributed by atoms with E-state index in [2.05, 4.69) is 15.3 Å². The first kappa shape index (κ1) is 35.3. The van der Waals surface area contributed by atoms with Crippen LogP contribution in [0.1, 0.15) is 50.0 Å². The maximum Gasteiger partial charge on any atom is 0.274 e. The third kappa shape index (κ3) is 6.77. The Hall–Kier alpha value is -4.05. The summed E-state index contributed by atoms with van der Waals surface area (Å²) in [7, 11) is -2.68. The standard InChI is InChI=1S/C23H23F2N5O3.C10H16O4S/c1-33-20-4-2-3-16(25)21(20)22-27-8-7-17(28-22)23(32)29-18-9-13(24)5-6-19(18)30-11-14(26)10-15(30)12-31;1-9(2)7-3-4-10(9,8(11)5-7)6-15(12,13)14/h2-9,14-15,31H,10-12,26H2,1H3,(H,29,32);7H,3-6H2,1-2H3,(H,12,13,14)/t14-,15-;/m0./s1. The van der Waals surface area contributed by atoms with Crippen LogP contribution >= 0.6 is 0 Å². The maximum atomic E-state index is 14.4. The third-order valence-corrected chi connectivity index (χ3v) is 10.9. The number of anilines is 2. The van der Waals surface area contributed by atoms with Crippen molar-refractivity contribution < 1.29 is 41.2 Å². The minimum Gasteiger partial charge on any atom is -0.496 e. The molecule has 2 bridgehead atoms. The highest BCUT2D eigenvalue weighted by molar-refractivity contribution is 7.85. The van der Waals surface area contributed by atoms with Gasteiger partial charge in [-0.1, -0.05) is 19.9 Å². The average Bonchev–Trinajstić information content (AvgIpc) is 3.58. The number of carbonyl (C=O) groups is 2. The summed E-state index contributed by atoms with van der Waals surface area (Å²) in [5, 5.41) is 12.4. The molecular weight excluding hydrogens is 648 g/mol. The molecule has 1 aliphatic heterocycles. The van der Waals surface area contributed by atoms with Gasteiger partial charge in [-0.05, 0) is 67.0 Å². The summed E-state index contributed by atoms with van der Waals surface area (Å²) in [5.41, 5.74) is 5.63. The molecule has 2 aromatic carbocycles. The summed E-state index contributed by atoms with van der Waals surface area (Å²) in [4.78, 5) is 35.0. The number of methoxy groups -OCH3 is 1. The minimum atomic E-state index is -4.08. The van der Waals surface area contributed by atoms with Crippen molar-refractivity contribution in [3.8, 4) is 17.1 Å². The first-order valence-electron chi connectivity index (χ1n) is 15.5. The van der Waals surface area contributed by atoms with Gasteiger partial charge in [-0.25, -0.2) is 18.7 Å². The number of carbonyl (C=O) groups excluding carboxylic acids is 2. The van der Waals surface area contributed by atoms with Crippen LogP contribution in [0.15, 0.2) is 48.7 Å². The average molecular weight is 688 g/mol. The lowest BCUT2D eigenvalue weighted by atomic mass is 9.70. The summed E-state index contributed by atoms with van der Waals surface area (Å²) in [6.07, 6.45) is 3.87. The zero-order valence-corrected chi connectivity index (χ0v) is 27.6. The van der Waals surface area contributed by atoms with Gasteiger partial charge in [0.1, 0.15) is 28.9 Å². The zero-order chi connectivity index (χ0) is 35.0. The lowest BCUT2D eigenvalue weighted by Crippen LogP contribution is -2.42. The number of hydrogen-bond acceptors (Lipinski definition) is 10. The molecule has 2 aliphatic carbocycles. The van der Waals surface area contributed by atoms with E-state index in [1.54, 1.807) is 6.07 Å². The molecule has 1 aromatic heterocycles. The van der Waals surface area contributed by atoms with E-state index in [1.807, 2.05) is 18.7 Å². The van der Waals surface area contributed by atoms with Gasteiger partial charge in [-0.3, -0.25) is 14.1 Å². The van der Waals surface area contributed by atoms with Crippen LogP contribution < -0.4 is 20.7 Å². The van der Waals surface area contributed by atoms with Crippen molar-refractivity contribution in [2.24, 2.45) is 22.5 Å². The Morgan fingerprint density at radius 2 is 1.96 bits per heavy atom. The third-order valence-electron chi connectivity index (χ3n) is 10.0. The summed E-state index contributed by atoms with van der Waals surface area (Å²) in [6, 6.07) is 9.25. The maximum absolute atomic E-state index is 14.4. The van der Waals surface area contributed by atoms with E-state index in [4.69, 9.17) is 15.0 Å². The van der Waals surface area contributed by atoms with Crippen LogP contribution in [0.5, 0.6) is 5.75 Å². The van der Waals surface area contributed by atoms with Crippen LogP contribution in [0.2, 0.25) is 0 Å². The number of benzene rings is 2. The second kappa shape index (κ2) is 13.5. The highest BCUT2D eigenvalue weighted by Gasteiger charge is 2.65. The van der Waals surface area contributed by atoms with Crippen molar-refractivity contribution in [3.05, 3.63) is 66.0 Å². The fourth-order valence-electron chi connectivity index (χ4n) is 7.38. The summed E-state index contributed by atoms with van der Waals surface area (Å²) >= 11 is 0. The molecule has 0 spiro atoms. The second-order valence-electron chi connectivity index (χ2n) is 13.1. The molecule has 6 rings (SSSR count). The predicted molar refractivity (Wildman–Crippen MR) is 174 cm³/mol. The van der Waals surface area contributed by atoms with E-state index in [9.17, 15) is 31.9 Å². The van der Waals surface area contributed by atoms with E-state index < -0.39 is 38.8 Å². The van der Waals surface area contributed by atoms with E-state index in [0.717, 1.165) is 6.42 Å². The number of fused-ring (bicyclic) bond motifs is 2. The molecular formula is C33H39F2N5O7S. The Morgan fingerprint density at radius 1 is 1.21 bits per heavy atom. The molecule has 258 valence electrons. The summed E-state index contributed by atoms with van der Waals surface area (Å²) in [5.74, 6) is -1.68. The van der Waals surface area contributed by atoms with E-state index in [0.29, 0.717) is 31.5 Å². The van der Waals surface area contributed by atoms with Crippen LogP contribution in [0.25, 0.3) is 11.4 Å². The quantitative estimate of drug-likeness (QED) is 0.252. The molecule has 2 unspecified atom stereocenters. The van der Waals surface area contributed by atoms with Gasteiger partial charge in [-0.2, -0.15) is 8.42 Å². The SMILES string of the molecule is CC1(C)C2CCC1(CS(=O)(=O)O)C(=O)C2.COc1cccc(F)c1-c1nccc(C(=O)Nc2cc(F)ccc2N2C[C@@H](N)C[C@H]2CO)n1. The molecule has 2 saturated carbocycles.